The molecule has 0 spiro atoms. The highest BCUT2D eigenvalue weighted by molar-refractivity contribution is 6.23. The molecular formula is C19H16FN3O3. The topological polar surface area (TPSA) is 69.7 Å². The fraction of sp³-hybridized carbons (Fsp3) is 0.211. The highest BCUT2D eigenvalue weighted by atomic mass is 19.1. The lowest BCUT2D eigenvalue weighted by Crippen LogP contribution is -2.59. The normalized spacial score (nSPS) is 19.3. The molecule has 1 atom stereocenters. The van der Waals surface area contributed by atoms with Crippen molar-refractivity contribution in [1.82, 2.24) is 5.32 Å². The number of fused-ring (bicyclic) bond motifs is 1. The van der Waals surface area contributed by atoms with Crippen LogP contribution in [0.4, 0.5) is 20.6 Å². The van der Waals surface area contributed by atoms with E-state index in [0.29, 0.717) is 6.54 Å². The number of hydrogen-bond acceptors (Lipinski definition) is 3. The summed E-state index contributed by atoms with van der Waals surface area (Å²) in [6, 6.07) is 12.0. The van der Waals surface area contributed by atoms with Crippen molar-refractivity contribution in [3.63, 3.8) is 0 Å². The monoisotopic (exact) mass is 353 g/mol. The van der Waals surface area contributed by atoms with E-state index in [1.54, 1.807) is 4.90 Å². The lowest BCUT2D eigenvalue weighted by Gasteiger charge is -2.32. The Balaban J connectivity index is 1.61. The second kappa shape index (κ2) is 6.25. The first-order chi connectivity index (χ1) is 12.6. The molecule has 0 saturated carbocycles. The Hall–Kier alpha value is -3.22. The average molecular weight is 353 g/mol. The molecule has 1 fully saturated rings. The number of urea groups is 1. The first kappa shape index (κ1) is 16.3. The number of benzene rings is 2. The number of amides is 4. The summed E-state index contributed by atoms with van der Waals surface area (Å²) in [7, 11) is 0. The lowest BCUT2D eigenvalue weighted by molar-refractivity contribution is -0.132. The van der Waals surface area contributed by atoms with Crippen LogP contribution in [0.2, 0.25) is 0 Å². The maximum Gasteiger partial charge on any atom is 0.328 e. The van der Waals surface area contributed by atoms with Gasteiger partial charge in [-0.1, -0.05) is 18.2 Å². The van der Waals surface area contributed by atoms with Gasteiger partial charge in [-0.25, -0.2) is 14.1 Å². The summed E-state index contributed by atoms with van der Waals surface area (Å²) in [6.45, 7) is 0.458. The molecule has 4 amide bonds. The predicted molar refractivity (Wildman–Crippen MR) is 93.3 cm³/mol. The van der Waals surface area contributed by atoms with E-state index in [9.17, 15) is 18.8 Å². The fourth-order valence-corrected chi connectivity index (χ4v) is 3.39. The van der Waals surface area contributed by atoms with Gasteiger partial charge in [0.25, 0.3) is 0 Å². The first-order valence-electron chi connectivity index (χ1n) is 8.33. The van der Waals surface area contributed by atoms with Crippen LogP contribution in [0.3, 0.4) is 0 Å². The van der Waals surface area contributed by atoms with Gasteiger partial charge in [0.15, 0.2) is 0 Å². The standard InChI is InChI=1S/C19H16FN3O3/c20-13-5-7-14(8-6-13)23-18(25)15(11-21-19(23)26)17(24)22-10-9-12-3-1-2-4-16(12)22/h1-8,15H,9-11H2,(H,21,26). The van der Waals surface area contributed by atoms with Crippen LogP contribution in [0.5, 0.6) is 0 Å². The number of para-hydroxylation sites is 1. The predicted octanol–water partition coefficient (Wildman–Crippen LogP) is 2.09. The molecule has 2 heterocycles. The van der Waals surface area contributed by atoms with E-state index in [1.165, 1.54) is 12.1 Å². The molecule has 2 aliphatic heterocycles. The molecular weight excluding hydrogens is 337 g/mol. The molecule has 2 aliphatic rings. The van der Waals surface area contributed by atoms with E-state index in [4.69, 9.17) is 0 Å². The van der Waals surface area contributed by atoms with Crippen LogP contribution in [-0.4, -0.2) is 30.9 Å². The third-order valence-corrected chi connectivity index (χ3v) is 4.72. The first-order valence-corrected chi connectivity index (χ1v) is 8.33. The summed E-state index contributed by atoms with van der Waals surface area (Å²) >= 11 is 0. The number of imide groups is 1. The van der Waals surface area contributed by atoms with Crippen LogP contribution in [0.1, 0.15) is 5.56 Å². The largest absolute Gasteiger partial charge is 0.336 e. The van der Waals surface area contributed by atoms with Gasteiger partial charge in [-0.2, -0.15) is 0 Å². The van der Waals surface area contributed by atoms with Crippen LogP contribution in [0.15, 0.2) is 48.5 Å². The van der Waals surface area contributed by atoms with E-state index in [0.717, 1.165) is 34.7 Å². The minimum absolute atomic E-state index is 0.0487. The number of anilines is 2. The Morgan fingerprint density at radius 2 is 1.81 bits per heavy atom. The number of carbonyl (C=O) groups excluding carboxylic acids is 3. The van der Waals surface area contributed by atoms with Crippen molar-refractivity contribution < 1.29 is 18.8 Å². The van der Waals surface area contributed by atoms with Crippen molar-refractivity contribution in [3.05, 3.63) is 59.9 Å². The molecule has 7 heteroatoms. The summed E-state index contributed by atoms with van der Waals surface area (Å²) in [4.78, 5) is 40.5. The van der Waals surface area contributed by atoms with Crippen molar-refractivity contribution in [2.24, 2.45) is 5.92 Å². The van der Waals surface area contributed by atoms with Crippen LogP contribution in [0, 0.1) is 11.7 Å². The van der Waals surface area contributed by atoms with Gasteiger partial charge in [0.2, 0.25) is 11.8 Å². The van der Waals surface area contributed by atoms with Gasteiger partial charge in [-0.3, -0.25) is 9.59 Å². The van der Waals surface area contributed by atoms with Crippen LogP contribution in [0.25, 0.3) is 0 Å². The summed E-state index contributed by atoms with van der Waals surface area (Å²) in [5.74, 6) is -2.43. The van der Waals surface area contributed by atoms with E-state index >= 15 is 0 Å². The molecule has 0 aliphatic carbocycles. The molecule has 132 valence electrons. The van der Waals surface area contributed by atoms with Gasteiger partial charge in [-0.15, -0.1) is 0 Å². The minimum atomic E-state index is -1.01. The molecule has 0 bridgehead atoms. The molecule has 2 aromatic carbocycles. The van der Waals surface area contributed by atoms with Gasteiger partial charge >= 0.3 is 6.03 Å². The molecule has 1 unspecified atom stereocenters. The zero-order valence-electron chi connectivity index (χ0n) is 13.8. The highest BCUT2D eigenvalue weighted by Crippen LogP contribution is 2.30. The number of carbonyl (C=O) groups is 3. The maximum atomic E-state index is 13.1. The molecule has 1 saturated heterocycles. The second-order valence-electron chi connectivity index (χ2n) is 6.26. The van der Waals surface area contributed by atoms with Crippen molar-refractivity contribution in [2.75, 3.05) is 22.9 Å². The van der Waals surface area contributed by atoms with Gasteiger partial charge in [0.1, 0.15) is 11.7 Å². The molecule has 4 rings (SSSR count). The van der Waals surface area contributed by atoms with E-state index < -0.39 is 23.7 Å². The molecule has 0 radical (unpaired) electrons. The Morgan fingerprint density at radius 3 is 2.58 bits per heavy atom. The zero-order valence-corrected chi connectivity index (χ0v) is 13.8. The highest BCUT2D eigenvalue weighted by Gasteiger charge is 2.42. The quantitative estimate of drug-likeness (QED) is 0.841. The molecule has 1 N–H and O–H groups in total. The van der Waals surface area contributed by atoms with Crippen molar-refractivity contribution in [3.8, 4) is 0 Å². The Kier molecular flexibility index (Phi) is 3.91. The van der Waals surface area contributed by atoms with Crippen molar-refractivity contribution in [2.45, 2.75) is 6.42 Å². The van der Waals surface area contributed by atoms with Crippen LogP contribution in [-0.2, 0) is 16.0 Å². The van der Waals surface area contributed by atoms with E-state index in [-0.39, 0.29) is 18.1 Å². The van der Waals surface area contributed by atoms with Crippen LogP contribution >= 0.6 is 0 Å². The number of nitrogens with zero attached hydrogens (tertiary/aromatic N) is 2. The Labute approximate surface area is 149 Å². The zero-order chi connectivity index (χ0) is 18.3. The Bertz CT molecular complexity index is 897. The Morgan fingerprint density at radius 1 is 1.08 bits per heavy atom. The maximum absolute atomic E-state index is 13.1. The van der Waals surface area contributed by atoms with Gasteiger partial charge in [-0.05, 0) is 42.3 Å². The van der Waals surface area contributed by atoms with E-state index in [1.807, 2.05) is 24.3 Å². The molecule has 0 aromatic heterocycles. The van der Waals surface area contributed by atoms with Crippen molar-refractivity contribution in [1.29, 1.82) is 0 Å². The lowest BCUT2D eigenvalue weighted by atomic mass is 10.0. The smallest absolute Gasteiger partial charge is 0.328 e. The SMILES string of the molecule is O=C(C1CNC(=O)N(c2ccc(F)cc2)C1=O)N1CCc2ccccc21. The number of halogens is 1. The number of nitrogens with one attached hydrogen (secondary N) is 1. The molecule has 26 heavy (non-hydrogen) atoms. The fourth-order valence-electron chi connectivity index (χ4n) is 3.39. The summed E-state index contributed by atoms with van der Waals surface area (Å²) < 4.78 is 13.1. The van der Waals surface area contributed by atoms with Gasteiger partial charge in [0.05, 0.1) is 5.69 Å². The molecule has 2 aromatic rings. The van der Waals surface area contributed by atoms with Gasteiger partial charge in [0, 0.05) is 18.8 Å². The number of rotatable bonds is 2. The summed E-state index contributed by atoms with van der Waals surface area (Å²) in [5, 5.41) is 2.58. The van der Waals surface area contributed by atoms with Gasteiger partial charge < -0.3 is 10.2 Å². The average Bonchev–Trinajstić information content (AvgIpc) is 3.07. The number of hydrogen-bond donors (Lipinski definition) is 1. The third-order valence-electron chi connectivity index (χ3n) is 4.72. The third kappa shape index (κ3) is 2.61. The van der Waals surface area contributed by atoms with E-state index in [2.05, 4.69) is 5.32 Å². The van der Waals surface area contributed by atoms with Crippen LogP contribution < -0.4 is 15.1 Å². The summed E-state index contributed by atoms with van der Waals surface area (Å²) in [5.41, 5.74) is 2.09. The second-order valence-corrected chi connectivity index (χ2v) is 6.26. The molecule has 6 nitrogen and oxygen atoms in total. The summed E-state index contributed by atoms with van der Waals surface area (Å²) in [6.07, 6.45) is 0.733. The minimum Gasteiger partial charge on any atom is -0.336 e. The van der Waals surface area contributed by atoms with Crippen molar-refractivity contribution >= 4 is 29.2 Å².